The van der Waals surface area contributed by atoms with Crippen LogP contribution < -0.4 is 0 Å². The molecule has 0 radical (unpaired) electrons. The average Bonchev–Trinajstić information content (AvgIpc) is 2.70. The highest BCUT2D eigenvalue weighted by molar-refractivity contribution is 6.07. The number of nitrogens with zero attached hydrogens (tertiary/aromatic N) is 3. The highest BCUT2D eigenvalue weighted by Gasteiger charge is 2.27. The van der Waals surface area contributed by atoms with E-state index in [-0.39, 0.29) is 16.7 Å². The van der Waals surface area contributed by atoms with Crippen LogP contribution in [-0.2, 0) is 0 Å². The van der Waals surface area contributed by atoms with Crippen LogP contribution in [0.15, 0.2) is 16.7 Å². The Labute approximate surface area is 98.3 Å². The van der Waals surface area contributed by atoms with Crippen LogP contribution in [0.2, 0.25) is 0 Å². The molecule has 9 nitrogen and oxygen atoms in total. The van der Waals surface area contributed by atoms with Gasteiger partial charge in [-0.2, -0.15) is 0 Å². The third-order valence-electron chi connectivity index (χ3n) is 2.27. The summed E-state index contributed by atoms with van der Waals surface area (Å²) in [5, 5.41) is 24.8. The van der Waals surface area contributed by atoms with Crippen LogP contribution >= 0.6 is 0 Å². The maximum absolute atomic E-state index is 11.2. The Morgan fingerprint density at radius 3 is 2.44 bits per heavy atom. The molecule has 0 aliphatic rings. The van der Waals surface area contributed by atoms with E-state index >= 15 is 0 Å². The summed E-state index contributed by atoms with van der Waals surface area (Å²) < 4.78 is 4.68. The molecule has 2 aromatic rings. The molecule has 0 bridgehead atoms. The average molecular weight is 251 g/mol. The lowest BCUT2D eigenvalue weighted by atomic mass is 10.1. The Morgan fingerprint density at radius 2 is 1.94 bits per heavy atom. The van der Waals surface area contributed by atoms with Crippen LogP contribution in [-0.4, -0.2) is 20.8 Å². The summed E-state index contributed by atoms with van der Waals surface area (Å²) in [7, 11) is 0. The first-order valence-electron chi connectivity index (χ1n) is 4.65. The van der Waals surface area contributed by atoms with Crippen molar-refractivity contribution in [2.24, 2.45) is 0 Å². The van der Waals surface area contributed by atoms with Crippen LogP contribution in [0.5, 0.6) is 0 Å². The zero-order chi connectivity index (χ0) is 13.4. The molecule has 0 amide bonds. The third-order valence-corrected chi connectivity index (χ3v) is 2.27. The van der Waals surface area contributed by atoms with Crippen molar-refractivity contribution in [2.45, 2.75) is 6.92 Å². The van der Waals surface area contributed by atoms with Crippen LogP contribution in [0.1, 0.15) is 17.5 Å². The maximum atomic E-state index is 11.2. The highest BCUT2D eigenvalue weighted by atomic mass is 16.6. The standard InChI is InChI=1S/C9H5N3O6/c1-4(13)9-8-6(10-18-9)2-5(11(14)15)3-7(8)12(16)17/h2-3H,1H3. The number of nitro groups is 2. The topological polar surface area (TPSA) is 129 Å². The molecular weight excluding hydrogens is 246 g/mol. The van der Waals surface area contributed by atoms with Gasteiger partial charge in [-0.1, -0.05) is 5.16 Å². The van der Waals surface area contributed by atoms with Gasteiger partial charge >= 0.3 is 0 Å². The van der Waals surface area contributed by atoms with Gasteiger partial charge in [0.15, 0.2) is 5.78 Å². The second-order valence-electron chi connectivity index (χ2n) is 3.44. The Morgan fingerprint density at radius 1 is 1.28 bits per heavy atom. The zero-order valence-corrected chi connectivity index (χ0v) is 8.95. The minimum absolute atomic E-state index is 0.0962. The number of rotatable bonds is 3. The Hall–Kier alpha value is -2.84. The molecular formula is C9H5N3O6. The molecule has 92 valence electrons. The van der Waals surface area contributed by atoms with Gasteiger partial charge in [0.25, 0.3) is 11.4 Å². The molecule has 0 N–H and O–H groups in total. The second-order valence-corrected chi connectivity index (χ2v) is 3.44. The fourth-order valence-corrected chi connectivity index (χ4v) is 1.53. The van der Waals surface area contributed by atoms with Crippen molar-refractivity contribution in [3.8, 4) is 0 Å². The van der Waals surface area contributed by atoms with Crippen LogP contribution in [0.3, 0.4) is 0 Å². The van der Waals surface area contributed by atoms with Gasteiger partial charge in [0.2, 0.25) is 5.76 Å². The summed E-state index contributed by atoms with van der Waals surface area (Å²) in [5.41, 5.74) is -1.16. The predicted molar refractivity (Wildman–Crippen MR) is 57.3 cm³/mol. The van der Waals surface area contributed by atoms with E-state index < -0.39 is 27.0 Å². The van der Waals surface area contributed by atoms with Gasteiger partial charge in [-0.25, -0.2) is 0 Å². The summed E-state index contributed by atoms with van der Waals surface area (Å²) in [6.07, 6.45) is 0. The molecule has 2 rings (SSSR count). The van der Waals surface area contributed by atoms with Crippen LogP contribution in [0.4, 0.5) is 11.4 Å². The molecule has 0 unspecified atom stereocenters. The molecule has 0 saturated heterocycles. The van der Waals surface area contributed by atoms with E-state index in [0.717, 1.165) is 19.1 Å². The molecule has 0 aliphatic carbocycles. The van der Waals surface area contributed by atoms with Gasteiger partial charge < -0.3 is 4.52 Å². The third kappa shape index (κ3) is 1.67. The number of Topliss-reactive ketones (excluding diaryl/α,β-unsaturated/α-hetero) is 1. The number of nitro benzene ring substituents is 2. The van der Waals surface area contributed by atoms with Gasteiger partial charge in [-0.3, -0.25) is 25.0 Å². The Balaban J connectivity index is 2.88. The smallest absolute Gasteiger partial charge is 0.289 e. The number of non-ortho nitro benzene ring substituents is 2. The number of aromatic nitrogens is 1. The van der Waals surface area contributed by atoms with Crippen LogP contribution in [0.25, 0.3) is 10.9 Å². The fourth-order valence-electron chi connectivity index (χ4n) is 1.53. The zero-order valence-electron chi connectivity index (χ0n) is 8.95. The Bertz CT molecular complexity index is 689. The lowest BCUT2D eigenvalue weighted by Gasteiger charge is -1.95. The van der Waals surface area contributed by atoms with E-state index in [1.807, 2.05) is 0 Å². The SMILES string of the molecule is CC(=O)c1onc2cc([N+](=O)[O-])cc([N+](=O)[O-])c12. The normalized spacial score (nSPS) is 10.5. The molecule has 1 aromatic heterocycles. The monoisotopic (exact) mass is 251 g/mol. The molecule has 18 heavy (non-hydrogen) atoms. The maximum Gasteiger partial charge on any atom is 0.289 e. The fraction of sp³-hybridized carbons (Fsp3) is 0.111. The summed E-state index contributed by atoms with van der Waals surface area (Å²) in [6, 6.07) is 1.78. The van der Waals surface area contributed by atoms with Gasteiger partial charge in [0.05, 0.1) is 15.9 Å². The molecule has 0 atom stereocenters. The van der Waals surface area contributed by atoms with Crippen molar-refractivity contribution >= 4 is 28.1 Å². The molecule has 0 saturated carbocycles. The van der Waals surface area contributed by atoms with Gasteiger partial charge in [-0.15, -0.1) is 0 Å². The number of ketones is 1. The first-order valence-corrected chi connectivity index (χ1v) is 4.65. The largest absolute Gasteiger partial charge is 0.352 e. The van der Waals surface area contributed by atoms with E-state index in [1.165, 1.54) is 0 Å². The molecule has 0 fully saturated rings. The van der Waals surface area contributed by atoms with E-state index in [4.69, 9.17) is 0 Å². The highest BCUT2D eigenvalue weighted by Crippen LogP contribution is 2.33. The van der Waals surface area contributed by atoms with E-state index in [0.29, 0.717) is 0 Å². The summed E-state index contributed by atoms with van der Waals surface area (Å²) in [6.45, 7) is 1.16. The molecule has 1 heterocycles. The number of carbonyl (C=O) groups excluding carboxylic acids is 1. The number of benzene rings is 1. The van der Waals surface area contributed by atoms with Crippen molar-refractivity contribution in [2.75, 3.05) is 0 Å². The van der Waals surface area contributed by atoms with Crippen molar-refractivity contribution < 1.29 is 19.2 Å². The molecule has 9 heteroatoms. The number of hydrogen-bond acceptors (Lipinski definition) is 7. The summed E-state index contributed by atoms with van der Waals surface area (Å²) in [4.78, 5) is 31.1. The minimum atomic E-state index is -0.820. The predicted octanol–water partition coefficient (Wildman–Crippen LogP) is 1.85. The molecule has 0 spiro atoms. The number of carbonyl (C=O) groups is 1. The van der Waals surface area contributed by atoms with Gasteiger partial charge in [0, 0.05) is 13.0 Å². The lowest BCUT2D eigenvalue weighted by molar-refractivity contribution is -0.393. The quantitative estimate of drug-likeness (QED) is 0.462. The number of hydrogen-bond donors (Lipinski definition) is 0. The summed E-state index contributed by atoms with van der Waals surface area (Å²) in [5.74, 6) is -0.832. The van der Waals surface area contributed by atoms with E-state index in [1.54, 1.807) is 0 Å². The van der Waals surface area contributed by atoms with Crippen molar-refractivity contribution in [3.05, 3.63) is 38.1 Å². The van der Waals surface area contributed by atoms with Gasteiger partial charge in [-0.05, 0) is 0 Å². The van der Waals surface area contributed by atoms with Crippen molar-refractivity contribution in [3.63, 3.8) is 0 Å². The first-order chi connectivity index (χ1) is 8.41. The van der Waals surface area contributed by atoms with E-state index in [9.17, 15) is 25.0 Å². The molecule has 1 aromatic carbocycles. The van der Waals surface area contributed by atoms with Crippen LogP contribution in [0, 0.1) is 20.2 Å². The number of fused-ring (bicyclic) bond motifs is 1. The first kappa shape index (κ1) is 11.6. The van der Waals surface area contributed by atoms with Crippen molar-refractivity contribution in [1.82, 2.24) is 5.16 Å². The molecule has 0 aliphatic heterocycles. The Kier molecular flexibility index (Phi) is 2.51. The van der Waals surface area contributed by atoms with Gasteiger partial charge in [0.1, 0.15) is 10.9 Å². The second kappa shape index (κ2) is 3.87. The lowest BCUT2D eigenvalue weighted by Crippen LogP contribution is -1.96. The van der Waals surface area contributed by atoms with Crippen molar-refractivity contribution in [1.29, 1.82) is 0 Å². The van der Waals surface area contributed by atoms with E-state index in [2.05, 4.69) is 9.68 Å². The minimum Gasteiger partial charge on any atom is -0.352 e. The summed E-state index contributed by atoms with van der Waals surface area (Å²) >= 11 is 0.